The van der Waals surface area contributed by atoms with Gasteiger partial charge in [0.05, 0.1) is 12.0 Å². The summed E-state index contributed by atoms with van der Waals surface area (Å²) >= 11 is 0. The van der Waals surface area contributed by atoms with Gasteiger partial charge in [0.1, 0.15) is 12.4 Å². The fraction of sp³-hybridized carbons (Fsp3) is 0.533. The zero-order valence-electron chi connectivity index (χ0n) is 12.2. The number of para-hydroxylation sites is 1. The first-order valence-corrected chi connectivity index (χ1v) is 6.50. The Morgan fingerprint density at radius 2 is 1.79 bits per heavy atom. The summed E-state index contributed by atoms with van der Waals surface area (Å²) in [5.41, 5.74) is 4.82. The maximum atomic E-state index is 12.1. The van der Waals surface area contributed by atoms with Crippen molar-refractivity contribution in [2.75, 3.05) is 13.2 Å². The van der Waals surface area contributed by atoms with Crippen molar-refractivity contribution in [3.63, 3.8) is 0 Å². The summed E-state index contributed by atoms with van der Waals surface area (Å²) in [5.74, 6) is 0.742. The zero-order chi connectivity index (χ0) is 14.5. The van der Waals surface area contributed by atoms with E-state index in [4.69, 9.17) is 10.5 Å². The molecule has 0 spiro atoms. The molecule has 0 aliphatic carbocycles. The Kier molecular flexibility index (Phi) is 4.95. The molecule has 0 aliphatic rings. The summed E-state index contributed by atoms with van der Waals surface area (Å²) in [6.45, 7) is 8.31. The Balaban J connectivity index is 2.36. The monoisotopic (exact) mass is 264 g/mol. The van der Waals surface area contributed by atoms with Crippen LogP contribution in [0.2, 0.25) is 0 Å². The van der Waals surface area contributed by atoms with E-state index in [0.29, 0.717) is 13.2 Å². The number of carbonyl (C=O) groups excluding carboxylic acids is 1. The molecule has 0 saturated carbocycles. The highest BCUT2D eigenvalue weighted by atomic mass is 16.5. The largest absolute Gasteiger partial charge is 0.492 e. The first-order valence-electron chi connectivity index (χ1n) is 6.50. The fourth-order valence-corrected chi connectivity index (χ4v) is 1.36. The van der Waals surface area contributed by atoms with Crippen LogP contribution in [-0.4, -0.2) is 24.6 Å². The summed E-state index contributed by atoms with van der Waals surface area (Å²) in [6, 6.07) is 9.52. The molecule has 106 valence electrons. The molecule has 1 rings (SSSR count). The molecule has 0 aliphatic heterocycles. The molecule has 19 heavy (non-hydrogen) atoms. The van der Waals surface area contributed by atoms with Gasteiger partial charge in [0.15, 0.2) is 0 Å². The first-order chi connectivity index (χ1) is 8.75. The van der Waals surface area contributed by atoms with Crippen molar-refractivity contribution in [1.82, 2.24) is 5.32 Å². The third-order valence-electron chi connectivity index (χ3n) is 3.58. The summed E-state index contributed by atoms with van der Waals surface area (Å²) in [5, 5.41) is 2.86. The Bertz CT molecular complexity index is 408. The van der Waals surface area contributed by atoms with Crippen LogP contribution in [0, 0.1) is 5.41 Å². The van der Waals surface area contributed by atoms with Gasteiger partial charge in [-0.2, -0.15) is 0 Å². The maximum Gasteiger partial charge on any atom is 0.227 e. The van der Waals surface area contributed by atoms with Crippen LogP contribution < -0.4 is 15.8 Å². The second kappa shape index (κ2) is 6.06. The van der Waals surface area contributed by atoms with Crippen molar-refractivity contribution >= 4 is 5.91 Å². The van der Waals surface area contributed by atoms with Gasteiger partial charge in [-0.1, -0.05) is 18.2 Å². The van der Waals surface area contributed by atoms with Gasteiger partial charge in [0.2, 0.25) is 5.91 Å². The summed E-state index contributed by atoms with van der Waals surface area (Å²) in [7, 11) is 0. The number of hydrogen-bond donors (Lipinski definition) is 2. The molecule has 0 radical (unpaired) electrons. The van der Waals surface area contributed by atoms with Crippen molar-refractivity contribution in [2.45, 2.75) is 33.2 Å². The highest BCUT2D eigenvalue weighted by Crippen LogP contribution is 2.28. The highest BCUT2D eigenvalue weighted by molar-refractivity contribution is 5.83. The minimum Gasteiger partial charge on any atom is -0.492 e. The van der Waals surface area contributed by atoms with E-state index in [1.807, 2.05) is 58.0 Å². The molecule has 0 atom stereocenters. The van der Waals surface area contributed by atoms with Gasteiger partial charge in [-0.05, 0) is 39.8 Å². The van der Waals surface area contributed by atoms with Gasteiger partial charge in [-0.15, -0.1) is 0 Å². The predicted molar refractivity (Wildman–Crippen MR) is 77.0 cm³/mol. The second-order valence-electron chi connectivity index (χ2n) is 5.76. The molecule has 0 aromatic heterocycles. The molecule has 1 aromatic carbocycles. The lowest BCUT2D eigenvalue weighted by atomic mass is 9.74. The molecule has 4 heteroatoms. The number of ether oxygens (including phenoxy) is 1. The molecule has 1 amide bonds. The van der Waals surface area contributed by atoms with Crippen LogP contribution >= 0.6 is 0 Å². The van der Waals surface area contributed by atoms with E-state index in [0.717, 1.165) is 5.75 Å². The molecule has 0 unspecified atom stereocenters. The van der Waals surface area contributed by atoms with Crippen LogP contribution in [0.15, 0.2) is 30.3 Å². The Labute approximate surface area is 115 Å². The summed E-state index contributed by atoms with van der Waals surface area (Å²) in [4.78, 5) is 12.1. The van der Waals surface area contributed by atoms with Crippen LogP contribution in [0.3, 0.4) is 0 Å². The Hall–Kier alpha value is -1.55. The fourth-order valence-electron chi connectivity index (χ4n) is 1.36. The molecule has 0 heterocycles. The van der Waals surface area contributed by atoms with Gasteiger partial charge < -0.3 is 15.8 Å². The van der Waals surface area contributed by atoms with Crippen LogP contribution in [0.25, 0.3) is 0 Å². The lowest BCUT2D eigenvalue weighted by Crippen LogP contribution is -2.55. The smallest absolute Gasteiger partial charge is 0.227 e. The van der Waals surface area contributed by atoms with Crippen LogP contribution in [0.1, 0.15) is 27.7 Å². The molecular weight excluding hydrogens is 240 g/mol. The van der Waals surface area contributed by atoms with E-state index in [-0.39, 0.29) is 5.91 Å². The van der Waals surface area contributed by atoms with E-state index < -0.39 is 11.0 Å². The third-order valence-corrected chi connectivity index (χ3v) is 3.58. The van der Waals surface area contributed by atoms with Crippen molar-refractivity contribution in [1.29, 1.82) is 0 Å². The molecule has 1 aromatic rings. The first kappa shape index (κ1) is 15.5. The standard InChI is InChI=1S/C15H24N2O2/c1-14(2,15(3,4)16)13(18)17-10-11-19-12-8-6-5-7-9-12/h5-9H,10-11,16H2,1-4H3,(H,17,18). The van der Waals surface area contributed by atoms with Gasteiger partial charge in [0, 0.05) is 5.54 Å². The number of benzene rings is 1. The van der Waals surface area contributed by atoms with Crippen LogP contribution in [-0.2, 0) is 4.79 Å². The van der Waals surface area contributed by atoms with E-state index in [1.54, 1.807) is 0 Å². The Morgan fingerprint density at radius 1 is 1.21 bits per heavy atom. The molecule has 4 nitrogen and oxygen atoms in total. The summed E-state index contributed by atoms with van der Waals surface area (Å²) in [6.07, 6.45) is 0. The quantitative estimate of drug-likeness (QED) is 0.772. The predicted octanol–water partition coefficient (Wildman–Crippen LogP) is 1.95. The average Bonchev–Trinajstić information content (AvgIpc) is 2.34. The lowest BCUT2D eigenvalue weighted by molar-refractivity contribution is -0.132. The van der Waals surface area contributed by atoms with Gasteiger partial charge in [-0.25, -0.2) is 0 Å². The van der Waals surface area contributed by atoms with Crippen LogP contribution in [0.5, 0.6) is 5.75 Å². The number of rotatable bonds is 6. The summed E-state index contributed by atoms with van der Waals surface area (Å²) < 4.78 is 5.51. The zero-order valence-corrected chi connectivity index (χ0v) is 12.2. The Morgan fingerprint density at radius 3 is 2.32 bits per heavy atom. The van der Waals surface area contributed by atoms with Crippen LogP contribution in [0.4, 0.5) is 0 Å². The van der Waals surface area contributed by atoms with Gasteiger partial charge in [-0.3, -0.25) is 4.79 Å². The SMILES string of the molecule is CC(C)(N)C(C)(C)C(=O)NCCOc1ccccc1. The van der Waals surface area contributed by atoms with Crippen molar-refractivity contribution in [2.24, 2.45) is 11.1 Å². The number of carbonyl (C=O) groups is 1. The topological polar surface area (TPSA) is 64.4 Å². The minimum atomic E-state index is -0.625. The van der Waals surface area contributed by atoms with Crippen molar-refractivity contribution < 1.29 is 9.53 Å². The highest BCUT2D eigenvalue weighted by Gasteiger charge is 2.40. The molecule has 0 fully saturated rings. The van der Waals surface area contributed by atoms with Crippen molar-refractivity contribution in [3.05, 3.63) is 30.3 Å². The molecular formula is C15H24N2O2. The van der Waals surface area contributed by atoms with E-state index >= 15 is 0 Å². The number of nitrogens with two attached hydrogens (primary N) is 1. The molecule has 0 saturated heterocycles. The number of amides is 1. The third kappa shape index (κ3) is 4.24. The molecule has 0 bridgehead atoms. The second-order valence-corrected chi connectivity index (χ2v) is 5.76. The average molecular weight is 264 g/mol. The van der Waals surface area contributed by atoms with Crippen molar-refractivity contribution in [3.8, 4) is 5.75 Å². The normalized spacial score (nSPS) is 12.1. The lowest BCUT2D eigenvalue weighted by Gasteiger charge is -2.36. The van der Waals surface area contributed by atoms with E-state index in [2.05, 4.69) is 5.32 Å². The number of nitrogens with one attached hydrogen (secondary N) is 1. The van der Waals surface area contributed by atoms with E-state index in [9.17, 15) is 4.79 Å². The molecule has 3 N–H and O–H groups in total. The maximum absolute atomic E-state index is 12.1. The van der Waals surface area contributed by atoms with Gasteiger partial charge >= 0.3 is 0 Å². The number of hydrogen-bond acceptors (Lipinski definition) is 3. The minimum absolute atomic E-state index is 0.0586. The van der Waals surface area contributed by atoms with E-state index in [1.165, 1.54) is 0 Å². The van der Waals surface area contributed by atoms with Gasteiger partial charge in [0.25, 0.3) is 0 Å².